The summed E-state index contributed by atoms with van der Waals surface area (Å²) in [5, 5.41) is 0.929. The van der Waals surface area contributed by atoms with E-state index in [4.69, 9.17) is 41.2 Å². The van der Waals surface area contributed by atoms with Gasteiger partial charge in [0.1, 0.15) is 0 Å². The first-order chi connectivity index (χ1) is 9.88. The van der Waals surface area contributed by atoms with Crippen molar-refractivity contribution in [3.8, 4) is 0 Å². The van der Waals surface area contributed by atoms with Gasteiger partial charge in [-0.1, -0.05) is 35.4 Å². The number of rotatable bonds is 3. The Bertz CT molecular complexity index is 539. The number of amides is 1. The summed E-state index contributed by atoms with van der Waals surface area (Å²) >= 11 is 16.9. The number of hydrogen-bond donors (Lipinski definition) is 1. The van der Waals surface area contributed by atoms with Crippen molar-refractivity contribution in [2.75, 3.05) is 26.2 Å². The highest BCUT2D eigenvalue weighted by Crippen LogP contribution is 2.21. The molecular formula is C14H17Cl2N3OS. The lowest BCUT2D eigenvalue weighted by Gasteiger charge is -2.37. The van der Waals surface area contributed by atoms with Crippen LogP contribution in [-0.4, -0.2) is 52.9 Å². The maximum absolute atomic E-state index is 12.5. The molecule has 7 heteroatoms. The molecule has 2 N–H and O–H groups in total. The van der Waals surface area contributed by atoms with Gasteiger partial charge in [-0.05, 0) is 25.1 Å². The molecule has 114 valence electrons. The number of benzene rings is 1. The first kappa shape index (κ1) is 16.5. The standard InChI is InChI=1S/C14H17Cl2N3OS/c1-9(13(17)21)18-2-4-19(5-3-18)14(20)10-6-11(15)8-12(16)7-10/h6-9H,2-5H2,1H3,(H2,17,21). The Balaban J connectivity index is 2.01. The average Bonchev–Trinajstić information content (AvgIpc) is 2.44. The van der Waals surface area contributed by atoms with E-state index in [0.29, 0.717) is 33.7 Å². The van der Waals surface area contributed by atoms with Crippen molar-refractivity contribution in [2.24, 2.45) is 5.73 Å². The van der Waals surface area contributed by atoms with E-state index in [0.717, 1.165) is 13.1 Å². The molecule has 1 saturated heterocycles. The van der Waals surface area contributed by atoms with E-state index in [2.05, 4.69) is 4.90 Å². The van der Waals surface area contributed by atoms with Crippen LogP contribution in [-0.2, 0) is 0 Å². The number of nitrogens with zero attached hydrogens (tertiary/aromatic N) is 2. The van der Waals surface area contributed by atoms with E-state index < -0.39 is 0 Å². The summed E-state index contributed by atoms with van der Waals surface area (Å²) < 4.78 is 0. The number of piperazine rings is 1. The summed E-state index contributed by atoms with van der Waals surface area (Å²) in [6, 6.07) is 4.94. The van der Waals surface area contributed by atoms with E-state index in [1.807, 2.05) is 6.92 Å². The second-order valence-corrected chi connectivity index (χ2v) is 6.41. The van der Waals surface area contributed by atoms with E-state index in [1.54, 1.807) is 23.1 Å². The van der Waals surface area contributed by atoms with Gasteiger partial charge in [-0.25, -0.2) is 0 Å². The normalized spacial score (nSPS) is 17.6. The molecule has 1 aromatic rings. The molecule has 2 rings (SSSR count). The van der Waals surface area contributed by atoms with E-state index in [-0.39, 0.29) is 11.9 Å². The molecule has 1 aliphatic rings. The molecule has 1 aliphatic heterocycles. The highest BCUT2D eigenvalue weighted by molar-refractivity contribution is 7.80. The molecule has 4 nitrogen and oxygen atoms in total. The minimum absolute atomic E-state index is 0.0536. The Morgan fingerprint density at radius 3 is 2.19 bits per heavy atom. The topological polar surface area (TPSA) is 49.6 Å². The van der Waals surface area contributed by atoms with Gasteiger partial charge < -0.3 is 10.6 Å². The number of hydrogen-bond acceptors (Lipinski definition) is 3. The Kier molecular flexibility index (Phi) is 5.43. The summed E-state index contributed by atoms with van der Waals surface area (Å²) in [4.78, 5) is 16.9. The maximum Gasteiger partial charge on any atom is 0.254 e. The Labute approximate surface area is 139 Å². The largest absolute Gasteiger partial charge is 0.392 e. The van der Waals surface area contributed by atoms with Crippen molar-refractivity contribution in [2.45, 2.75) is 13.0 Å². The summed E-state index contributed by atoms with van der Waals surface area (Å²) in [5.41, 5.74) is 6.18. The molecule has 1 atom stereocenters. The van der Waals surface area contributed by atoms with Crippen LogP contribution < -0.4 is 5.73 Å². The predicted molar refractivity (Wildman–Crippen MR) is 90.2 cm³/mol. The van der Waals surface area contributed by atoms with E-state index in [1.165, 1.54) is 0 Å². The molecule has 1 heterocycles. The fourth-order valence-corrected chi connectivity index (χ4v) is 3.03. The third kappa shape index (κ3) is 4.07. The van der Waals surface area contributed by atoms with Gasteiger partial charge in [0.2, 0.25) is 0 Å². The van der Waals surface area contributed by atoms with Gasteiger partial charge in [-0.3, -0.25) is 9.69 Å². The van der Waals surface area contributed by atoms with Gasteiger partial charge in [-0.2, -0.15) is 0 Å². The van der Waals surface area contributed by atoms with Crippen LogP contribution in [0.4, 0.5) is 0 Å². The quantitative estimate of drug-likeness (QED) is 0.854. The van der Waals surface area contributed by atoms with Crippen LogP contribution >= 0.6 is 35.4 Å². The smallest absolute Gasteiger partial charge is 0.254 e. The van der Waals surface area contributed by atoms with Crippen molar-refractivity contribution >= 4 is 46.3 Å². The Morgan fingerprint density at radius 2 is 1.71 bits per heavy atom. The second kappa shape index (κ2) is 6.92. The lowest BCUT2D eigenvalue weighted by atomic mass is 10.1. The zero-order chi connectivity index (χ0) is 15.6. The zero-order valence-electron chi connectivity index (χ0n) is 11.7. The molecule has 0 aliphatic carbocycles. The highest BCUT2D eigenvalue weighted by Gasteiger charge is 2.25. The van der Waals surface area contributed by atoms with Crippen molar-refractivity contribution in [3.63, 3.8) is 0 Å². The molecule has 21 heavy (non-hydrogen) atoms. The molecule has 0 radical (unpaired) electrons. The molecule has 1 unspecified atom stereocenters. The molecule has 1 fully saturated rings. The molecule has 1 amide bonds. The van der Waals surface area contributed by atoms with Crippen LogP contribution in [0.25, 0.3) is 0 Å². The maximum atomic E-state index is 12.5. The number of nitrogens with two attached hydrogens (primary N) is 1. The van der Waals surface area contributed by atoms with Gasteiger partial charge >= 0.3 is 0 Å². The van der Waals surface area contributed by atoms with Crippen LogP contribution in [0.3, 0.4) is 0 Å². The number of carbonyl (C=O) groups excluding carboxylic acids is 1. The van der Waals surface area contributed by atoms with Crippen LogP contribution in [0.5, 0.6) is 0 Å². The molecule has 0 spiro atoms. The Hall–Kier alpha value is -0.880. The van der Waals surface area contributed by atoms with Gasteiger partial charge in [0.15, 0.2) is 0 Å². The van der Waals surface area contributed by atoms with Gasteiger partial charge in [0.05, 0.1) is 11.0 Å². The third-order valence-electron chi connectivity index (χ3n) is 3.67. The number of carbonyl (C=O) groups is 1. The van der Waals surface area contributed by atoms with Crippen LogP contribution in [0.15, 0.2) is 18.2 Å². The monoisotopic (exact) mass is 345 g/mol. The fourth-order valence-electron chi connectivity index (χ4n) is 2.35. The Morgan fingerprint density at radius 1 is 1.19 bits per heavy atom. The second-order valence-electron chi connectivity index (χ2n) is 5.06. The fraction of sp³-hybridized carbons (Fsp3) is 0.429. The molecule has 0 aromatic heterocycles. The van der Waals surface area contributed by atoms with Crippen LogP contribution in [0, 0.1) is 0 Å². The van der Waals surface area contributed by atoms with Crippen molar-refractivity contribution in [1.82, 2.24) is 9.80 Å². The highest BCUT2D eigenvalue weighted by atomic mass is 35.5. The van der Waals surface area contributed by atoms with E-state index >= 15 is 0 Å². The molecule has 0 saturated carbocycles. The van der Waals surface area contributed by atoms with Crippen molar-refractivity contribution < 1.29 is 4.79 Å². The van der Waals surface area contributed by atoms with Gasteiger partial charge in [0, 0.05) is 41.8 Å². The molecule has 0 bridgehead atoms. The lowest BCUT2D eigenvalue weighted by molar-refractivity contribution is 0.0621. The molecular weight excluding hydrogens is 329 g/mol. The summed E-state index contributed by atoms with van der Waals surface area (Å²) in [6.07, 6.45) is 0. The zero-order valence-corrected chi connectivity index (χ0v) is 14.0. The van der Waals surface area contributed by atoms with Gasteiger partial charge in [0.25, 0.3) is 5.91 Å². The van der Waals surface area contributed by atoms with Crippen LogP contribution in [0.2, 0.25) is 10.0 Å². The number of halogens is 2. The lowest BCUT2D eigenvalue weighted by Crippen LogP contribution is -2.53. The average molecular weight is 346 g/mol. The SMILES string of the molecule is CC(C(N)=S)N1CCN(C(=O)c2cc(Cl)cc(Cl)c2)CC1. The predicted octanol–water partition coefficient (Wildman–Crippen LogP) is 2.43. The van der Waals surface area contributed by atoms with Gasteiger partial charge in [-0.15, -0.1) is 0 Å². The van der Waals surface area contributed by atoms with Crippen LogP contribution in [0.1, 0.15) is 17.3 Å². The van der Waals surface area contributed by atoms with Crippen molar-refractivity contribution in [3.05, 3.63) is 33.8 Å². The van der Waals surface area contributed by atoms with E-state index in [9.17, 15) is 4.79 Å². The first-order valence-electron chi connectivity index (χ1n) is 6.67. The summed E-state index contributed by atoms with van der Waals surface area (Å²) in [5.74, 6) is -0.0537. The summed E-state index contributed by atoms with van der Waals surface area (Å²) in [6.45, 7) is 4.75. The van der Waals surface area contributed by atoms with Crippen molar-refractivity contribution in [1.29, 1.82) is 0 Å². The first-order valence-corrected chi connectivity index (χ1v) is 7.83. The minimum atomic E-state index is -0.0537. The minimum Gasteiger partial charge on any atom is -0.392 e. The molecule has 1 aromatic carbocycles. The number of thiocarbonyl (C=S) groups is 1. The summed E-state index contributed by atoms with van der Waals surface area (Å²) in [7, 11) is 0. The third-order valence-corrected chi connectivity index (χ3v) is 4.45.